The van der Waals surface area contributed by atoms with Crippen LogP contribution in [0.2, 0.25) is 0 Å². The second kappa shape index (κ2) is 21.3. The molecule has 1 atom stereocenters. The van der Waals surface area contributed by atoms with Crippen LogP contribution in [0.3, 0.4) is 0 Å². The first-order valence-corrected chi connectivity index (χ1v) is 26.2. The Bertz CT molecular complexity index is 3240. The molecule has 12 heteroatoms. The molecule has 0 fully saturated rings. The summed E-state index contributed by atoms with van der Waals surface area (Å²) in [6.45, 7) is 12.9. The molecule has 0 aromatic heterocycles. The predicted molar refractivity (Wildman–Crippen MR) is 283 cm³/mol. The normalized spacial score (nSPS) is 15.5. The molecule has 372 valence electrons. The highest BCUT2D eigenvalue weighted by molar-refractivity contribution is 5.75. The molecule has 1 unspecified atom stereocenters. The lowest BCUT2D eigenvalue weighted by Crippen LogP contribution is -2.53. The van der Waals surface area contributed by atoms with Gasteiger partial charge in [-0.1, -0.05) is 86.5 Å². The summed E-state index contributed by atoms with van der Waals surface area (Å²) in [5, 5.41) is 5.23. The molecule has 5 aromatic rings. The van der Waals surface area contributed by atoms with Crippen molar-refractivity contribution in [2.75, 3.05) is 37.7 Å². The quantitative estimate of drug-likeness (QED) is 0.0616. The van der Waals surface area contributed by atoms with Crippen molar-refractivity contribution in [2.24, 2.45) is 4.99 Å². The number of amides is 1. The SMILES string of the molecule is CCC1CC(C)(C)[N+](CCCC(=O)NCCCCCCOc2ccc(Cc3nc4c(Cc5ccccc5)[nH]c(-c5ccccc5)cn-4c3=O)cc2F)=c2cc3c(cc21)=Nc1cc2c(cc1O3)N(CC)CCC2. The Labute approximate surface area is 421 Å². The number of H-pyrrole nitrogens is 1. The first-order chi connectivity index (χ1) is 35.0. The van der Waals surface area contributed by atoms with Gasteiger partial charge >= 0.3 is 0 Å². The van der Waals surface area contributed by atoms with Gasteiger partial charge in [-0.3, -0.25) is 14.2 Å². The van der Waals surface area contributed by atoms with E-state index in [2.05, 4.69) is 83.9 Å². The summed E-state index contributed by atoms with van der Waals surface area (Å²) >= 11 is 0. The number of aromatic amines is 1. The highest BCUT2D eigenvalue weighted by Gasteiger charge is 2.40. The van der Waals surface area contributed by atoms with Crippen LogP contribution >= 0.6 is 0 Å². The van der Waals surface area contributed by atoms with E-state index in [4.69, 9.17) is 19.5 Å². The largest absolute Gasteiger partial charge is 0.491 e. The zero-order valence-corrected chi connectivity index (χ0v) is 42.2. The molecule has 10 rings (SSSR count). The highest BCUT2D eigenvalue weighted by Crippen LogP contribution is 2.42. The summed E-state index contributed by atoms with van der Waals surface area (Å²) in [5.74, 6) is 2.39. The second-order valence-electron chi connectivity index (χ2n) is 20.4. The zero-order chi connectivity index (χ0) is 49.8. The molecule has 1 amide bonds. The number of carbonyl (C=O) groups excluding carboxylic acids is 1. The lowest BCUT2D eigenvalue weighted by atomic mass is 9.80. The number of imidazole rings is 1. The summed E-state index contributed by atoms with van der Waals surface area (Å²) in [6, 6.07) is 33.7. The number of aryl methyl sites for hydroxylation is 1. The molecule has 0 aliphatic carbocycles. The summed E-state index contributed by atoms with van der Waals surface area (Å²) in [4.78, 5) is 42.7. The first kappa shape index (κ1) is 48.5. The predicted octanol–water partition coefficient (Wildman–Crippen LogP) is 10.5. The van der Waals surface area contributed by atoms with E-state index in [-0.39, 0.29) is 29.2 Å². The lowest BCUT2D eigenvalue weighted by molar-refractivity contribution is -0.121. The Hall–Kier alpha value is -7.08. The number of nitrogens with zero attached hydrogens (tertiary/aromatic N) is 5. The summed E-state index contributed by atoms with van der Waals surface area (Å²) in [5.41, 5.74) is 9.23. The third-order valence-electron chi connectivity index (χ3n) is 14.9. The maximum atomic E-state index is 15.4. The van der Waals surface area contributed by atoms with Gasteiger partial charge < -0.3 is 24.7 Å². The number of rotatable bonds is 19. The van der Waals surface area contributed by atoms with E-state index >= 15 is 4.39 Å². The summed E-state index contributed by atoms with van der Waals surface area (Å²) in [6.07, 6.45) is 11.5. The fourth-order valence-corrected chi connectivity index (χ4v) is 11.1. The number of hydrogen-bond donors (Lipinski definition) is 2. The topological polar surface area (TPSA) is 117 Å². The van der Waals surface area contributed by atoms with Crippen LogP contribution < -0.4 is 40.5 Å². The standard InChI is InChI=1S/C60H66FN7O4/c1-5-42-38-60(3,4)68(53-37-56-48(35-45(42)53)63-47-34-44-23-17-28-66(6-2)52(44)36-55(47)72-56)29-18-24-57(69)62-27-15-7-8-16-30-71-54-26-25-41(31-46(54)61)33-50-59(70)67-39-51(43-21-13-10-14-22-43)64-49(58(67)65-50)32-40-19-11-9-12-20-40/h9-14,19-22,25-26,31,34-37,39,42H,5-8,15-18,23-24,27-30,32-33,38H2,1-4H3,(H-,62,64,69,70)/p+1. The molecule has 0 bridgehead atoms. The van der Waals surface area contributed by atoms with Gasteiger partial charge in [-0.15, -0.1) is 0 Å². The minimum Gasteiger partial charge on any atom is -0.491 e. The van der Waals surface area contributed by atoms with Crippen LogP contribution in [0.4, 0.5) is 15.8 Å². The Kier molecular flexibility index (Phi) is 14.4. The van der Waals surface area contributed by atoms with Crippen LogP contribution in [0.25, 0.3) is 17.1 Å². The van der Waals surface area contributed by atoms with Crippen molar-refractivity contribution < 1.29 is 18.7 Å². The number of nitrogens with one attached hydrogen (secondary N) is 2. The molecule has 11 nitrogen and oxygen atoms in total. The zero-order valence-electron chi connectivity index (χ0n) is 42.2. The number of anilines is 1. The van der Waals surface area contributed by atoms with Crippen molar-refractivity contribution in [1.82, 2.24) is 24.4 Å². The maximum Gasteiger partial charge on any atom is 0.278 e. The molecular formula is C60H67FN7O4+. The van der Waals surface area contributed by atoms with Crippen molar-refractivity contribution in [2.45, 2.75) is 116 Å². The van der Waals surface area contributed by atoms with Crippen molar-refractivity contribution in [3.63, 3.8) is 0 Å². The van der Waals surface area contributed by atoms with Gasteiger partial charge in [-0.2, -0.15) is 0 Å². The van der Waals surface area contributed by atoms with Crippen molar-refractivity contribution in [3.05, 3.63) is 170 Å². The first-order valence-electron chi connectivity index (χ1n) is 26.2. The molecule has 72 heavy (non-hydrogen) atoms. The molecule has 0 saturated heterocycles. The molecule has 5 aliphatic heterocycles. The van der Waals surface area contributed by atoms with Crippen molar-refractivity contribution in [1.29, 1.82) is 0 Å². The molecule has 0 saturated carbocycles. The van der Waals surface area contributed by atoms with Crippen LogP contribution in [0.1, 0.15) is 125 Å². The molecule has 0 spiro atoms. The molecule has 2 N–H and O–H groups in total. The number of unbranched alkanes of at least 4 members (excludes halogenated alkanes) is 3. The van der Waals surface area contributed by atoms with E-state index in [9.17, 15) is 9.59 Å². The average Bonchev–Trinajstić information content (AvgIpc) is 3.70. The number of hydrogen-bond acceptors (Lipinski definition) is 7. The fourth-order valence-electron chi connectivity index (χ4n) is 11.1. The summed E-state index contributed by atoms with van der Waals surface area (Å²) in [7, 11) is 0. The summed E-state index contributed by atoms with van der Waals surface area (Å²) < 4.78 is 32.0. The third-order valence-corrected chi connectivity index (χ3v) is 14.9. The number of aromatic nitrogens is 3. The molecule has 0 radical (unpaired) electrons. The van der Waals surface area contributed by atoms with E-state index < -0.39 is 5.82 Å². The van der Waals surface area contributed by atoms with Crippen molar-refractivity contribution >= 4 is 17.3 Å². The smallest absolute Gasteiger partial charge is 0.278 e. The number of halogens is 1. The molecule has 5 aliphatic rings. The second-order valence-corrected chi connectivity index (χ2v) is 20.4. The van der Waals surface area contributed by atoms with Crippen LogP contribution in [0.15, 0.2) is 119 Å². The van der Waals surface area contributed by atoms with Gasteiger partial charge in [0.05, 0.1) is 24.1 Å². The molecule has 5 heterocycles. The Balaban J connectivity index is 0.689. The van der Waals surface area contributed by atoms with Gasteiger partial charge in [0.15, 0.2) is 34.4 Å². The molecule has 5 aromatic carbocycles. The van der Waals surface area contributed by atoms with Gasteiger partial charge in [0.1, 0.15) is 23.3 Å². The van der Waals surface area contributed by atoms with Crippen molar-refractivity contribution in [3.8, 4) is 34.3 Å². The minimum absolute atomic E-state index is 0.0727. The van der Waals surface area contributed by atoms with E-state index in [1.54, 1.807) is 22.9 Å². The Morgan fingerprint density at radius 2 is 1.72 bits per heavy atom. The number of benzene rings is 5. The van der Waals surface area contributed by atoms with E-state index in [0.29, 0.717) is 49.0 Å². The number of fused-ring (bicyclic) bond motifs is 5. The van der Waals surface area contributed by atoms with Crippen LogP contribution in [0, 0.1) is 5.82 Å². The van der Waals surface area contributed by atoms with E-state index in [1.807, 2.05) is 48.5 Å². The van der Waals surface area contributed by atoms with Gasteiger partial charge in [0, 0.05) is 75.3 Å². The van der Waals surface area contributed by atoms with E-state index in [1.165, 1.54) is 28.2 Å². The van der Waals surface area contributed by atoms with E-state index in [0.717, 1.165) is 122 Å². The number of ether oxygens (including phenoxy) is 2. The monoisotopic (exact) mass is 969 g/mol. The van der Waals surface area contributed by atoms with Crippen LogP contribution in [0.5, 0.6) is 17.2 Å². The van der Waals surface area contributed by atoms with Crippen LogP contribution in [-0.2, 0) is 24.1 Å². The Morgan fingerprint density at radius 3 is 2.51 bits per heavy atom. The van der Waals surface area contributed by atoms with Gasteiger partial charge in [0.25, 0.3) is 5.56 Å². The van der Waals surface area contributed by atoms with Gasteiger partial charge in [-0.25, -0.2) is 18.9 Å². The third kappa shape index (κ3) is 10.5. The van der Waals surface area contributed by atoms with Gasteiger partial charge in [-0.05, 0) is 105 Å². The minimum atomic E-state index is -0.467. The number of carbonyl (C=O) groups is 1. The molecular weight excluding hydrogens is 902 g/mol. The Morgan fingerprint density at radius 1 is 0.917 bits per heavy atom. The van der Waals surface area contributed by atoms with Crippen LogP contribution in [-0.4, -0.2) is 58.8 Å². The maximum absolute atomic E-state index is 15.4. The van der Waals surface area contributed by atoms with Gasteiger partial charge in [0.2, 0.25) is 11.3 Å². The highest BCUT2D eigenvalue weighted by atomic mass is 19.1. The lowest BCUT2D eigenvalue weighted by Gasteiger charge is -2.33. The fraction of sp³-hybridized carbons (Fsp3) is 0.383. The average molecular weight is 969 g/mol.